The monoisotopic (exact) mass is 1210 g/mol. The van der Waals surface area contributed by atoms with Gasteiger partial charge in [-0.1, -0.05) is 191 Å². The predicted molar refractivity (Wildman–Crippen MR) is 343 cm³/mol. The molecule has 0 saturated heterocycles. The van der Waals surface area contributed by atoms with Crippen molar-refractivity contribution in [3.63, 3.8) is 0 Å². The average molecular weight is 1210 g/mol. The molecule has 0 fully saturated rings. The van der Waals surface area contributed by atoms with Crippen LogP contribution in [0.5, 0.6) is 0 Å². The molecule has 5 N–H and O–H groups in total. The van der Waals surface area contributed by atoms with Crippen LogP contribution in [-0.4, -0.2) is 59.9 Å². The Labute approximate surface area is 518 Å². The first kappa shape index (κ1) is 76.4. The highest BCUT2D eigenvalue weighted by Crippen LogP contribution is 2.24. The van der Waals surface area contributed by atoms with E-state index in [9.17, 15) is 23.4 Å². The van der Waals surface area contributed by atoms with Crippen molar-refractivity contribution in [2.45, 2.75) is 216 Å². The molecule has 0 aliphatic carbocycles. The van der Waals surface area contributed by atoms with Crippen LogP contribution < -0.4 is 28.2 Å². The second-order valence-corrected chi connectivity index (χ2v) is 26.0. The molecule has 6 atom stereocenters. The van der Waals surface area contributed by atoms with Gasteiger partial charge in [0.25, 0.3) is 0 Å². The predicted octanol–water partition coefficient (Wildman–Crippen LogP) is 12.5. The van der Waals surface area contributed by atoms with Gasteiger partial charge >= 0.3 is 12.1 Å². The molecule has 0 unspecified atom stereocenters. The number of ether oxygens (including phenoxy) is 2. The van der Waals surface area contributed by atoms with Crippen molar-refractivity contribution in [1.82, 2.24) is 24.8 Å². The lowest BCUT2D eigenvalue weighted by molar-refractivity contribution is -0.420. The van der Waals surface area contributed by atoms with Crippen LogP contribution in [0.25, 0.3) is 0 Å². The lowest BCUT2D eigenvalue weighted by Crippen LogP contribution is -3.00. The summed E-state index contributed by atoms with van der Waals surface area (Å²) in [6.07, 6.45) is 2.21. The summed E-state index contributed by atoms with van der Waals surface area (Å²) in [6.45, 7) is 40.5. The van der Waals surface area contributed by atoms with E-state index in [1.807, 2.05) is 102 Å². The zero-order valence-electron chi connectivity index (χ0n) is 54.4. The summed E-state index contributed by atoms with van der Waals surface area (Å²) in [5.74, 6) is 2.18. The molecule has 466 valence electrons. The van der Waals surface area contributed by atoms with Crippen LogP contribution in [0.3, 0.4) is 0 Å². The Bertz CT molecular complexity index is 2890. The molecule has 0 bridgehead atoms. The van der Waals surface area contributed by atoms with Crippen molar-refractivity contribution >= 4 is 34.9 Å². The van der Waals surface area contributed by atoms with Crippen molar-refractivity contribution in [1.29, 1.82) is 0 Å². The molecule has 0 aliphatic heterocycles. The standard InChI is InChI=1S/C20H28N4O4.C15H25NOS.C12H15NO.C11H17N.C11H14O.ClH/c1-13(2)16-6-8-17(9-7-16)15(5)23-20(26)28-18(19(25)27-14(3)4)10-24-12-21-11-22-24;1-11(2)13-7-9-14(10-8-13)12(3)16-18(17)15(4,5)6;1-9(2)11-4-6-12(7-5-11)10(3)13-8-14;2*1-8(2)10-4-6-11(7-5-10)9(3)12;/h6-9,11-15,18H,10H2,1-5H3,(H,23,26);7-12,16H,1-6H3;4-7,9-10H,1-3H3;4-9H,12H2,1-3H3;4-8H,1-3H3;1H/t15-,18+;12-,18-;10-;9-;;/m0000../s1. The van der Waals surface area contributed by atoms with Crippen LogP contribution >= 0.6 is 0 Å². The Morgan fingerprint density at radius 3 is 1.27 bits per heavy atom. The van der Waals surface area contributed by atoms with Crippen molar-refractivity contribution in [2.75, 3.05) is 0 Å². The van der Waals surface area contributed by atoms with Gasteiger partial charge in [-0.15, -0.1) is 0 Å². The SMILES string of the molecule is CC(=O)c1ccc(C(C)C)cc1.CC(C)OC(=O)[C@@H](Cn1cncn1)OC(=O)N[C@@H](C)c1ccc(C(C)C)cc1.CC(C)c1ccc([C@H](C)N=C=O)cc1.CC(C)c1ccc([C@H](C)N[S@@](=O)C(C)(C)C)cc1.CC(C)c1ccc([C@H](C)[NH3+])cc1.[Cl-]. The summed E-state index contributed by atoms with van der Waals surface area (Å²) in [4.78, 5) is 53.1. The van der Waals surface area contributed by atoms with Gasteiger partial charge < -0.3 is 32.9 Å². The smallest absolute Gasteiger partial charge is 0.408 e. The Kier molecular flexibility index (Phi) is 34.6. The number of aromatic nitrogens is 3. The van der Waals surface area contributed by atoms with Gasteiger partial charge in [-0.2, -0.15) is 10.1 Å². The van der Waals surface area contributed by atoms with Crippen LogP contribution in [0.4, 0.5) is 4.79 Å². The topological polar surface area (TPSA) is 199 Å². The fraction of sp³-hybridized carbons (Fsp3) is 0.478. The summed E-state index contributed by atoms with van der Waals surface area (Å²) in [5.41, 5.74) is 15.8. The van der Waals surface area contributed by atoms with E-state index < -0.39 is 29.2 Å². The van der Waals surface area contributed by atoms with Gasteiger partial charge in [0.1, 0.15) is 18.7 Å². The Morgan fingerprint density at radius 2 is 0.941 bits per heavy atom. The maximum atomic E-state index is 12.3. The fourth-order valence-corrected chi connectivity index (χ4v) is 8.57. The summed E-state index contributed by atoms with van der Waals surface area (Å²) in [5, 5.41) is 6.69. The van der Waals surface area contributed by atoms with E-state index >= 15 is 0 Å². The number of Topliss-reactive ketones (excluding diaryl/α,β-unsaturated/α-hetero) is 1. The van der Waals surface area contributed by atoms with Gasteiger partial charge in [0.05, 0.1) is 40.5 Å². The molecule has 0 radical (unpaired) electrons. The van der Waals surface area contributed by atoms with E-state index in [-0.39, 0.29) is 53.7 Å². The van der Waals surface area contributed by atoms with Crippen LogP contribution in [0.1, 0.15) is 253 Å². The zero-order valence-corrected chi connectivity index (χ0v) is 56.0. The molecule has 6 aromatic rings. The van der Waals surface area contributed by atoms with Crippen molar-refractivity contribution in [2.24, 2.45) is 4.99 Å². The highest BCUT2D eigenvalue weighted by molar-refractivity contribution is 7.84. The molecule has 0 aliphatic rings. The Morgan fingerprint density at radius 1 is 0.576 bits per heavy atom. The van der Waals surface area contributed by atoms with E-state index in [4.69, 9.17) is 9.47 Å². The minimum Gasteiger partial charge on any atom is -1.00 e. The minimum atomic E-state index is -1.13. The highest BCUT2D eigenvalue weighted by atomic mass is 35.5. The van der Waals surface area contributed by atoms with E-state index in [0.29, 0.717) is 35.6 Å². The minimum absolute atomic E-state index is 0. The number of isocyanates is 1. The number of aliphatic imine (C=N–C) groups is 1. The molecule has 6 rings (SSSR count). The number of nitrogens with zero attached hydrogens (tertiary/aromatic N) is 4. The van der Waals surface area contributed by atoms with Gasteiger partial charge in [0.15, 0.2) is 5.78 Å². The van der Waals surface area contributed by atoms with E-state index in [1.165, 1.54) is 56.3 Å². The number of hydrogen-bond acceptors (Lipinski definition) is 10. The highest BCUT2D eigenvalue weighted by Gasteiger charge is 2.27. The molecule has 1 aromatic heterocycles. The first-order chi connectivity index (χ1) is 39.3. The Balaban J connectivity index is 0.000000554. The summed E-state index contributed by atoms with van der Waals surface area (Å²) >= 11 is 0. The third-order valence-electron chi connectivity index (χ3n) is 13.6. The quantitative estimate of drug-likeness (QED) is 0.0306. The maximum absolute atomic E-state index is 12.3. The number of nitrogens with one attached hydrogen (secondary N) is 2. The van der Waals surface area contributed by atoms with E-state index in [1.54, 1.807) is 26.9 Å². The fourth-order valence-electron chi connectivity index (χ4n) is 7.76. The molecule has 1 amide bonds. The van der Waals surface area contributed by atoms with Crippen LogP contribution in [0.15, 0.2) is 139 Å². The number of hydrogen-bond donors (Lipinski definition) is 3. The molecule has 1 heterocycles. The lowest BCUT2D eigenvalue weighted by atomic mass is 10.00. The van der Waals surface area contributed by atoms with Gasteiger partial charge in [0.2, 0.25) is 12.2 Å². The number of benzene rings is 5. The van der Waals surface area contributed by atoms with Crippen molar-refractivity contribution < 1.29 is 51.0 Å². The van der Waals surface area contributed by atoms with Crippen molar-refractivity contribution in [3.05, 3.63) is 190 Å². The third-order valence-corrected chi connectivity index (χ3v) is 15.2. The largest absolute Gasteiger partial charge is 1.00 e. The second kappa shape index (κ2) is 38.4. The van der Waals surface area contributed by atoms with E-state index in [0.717, 1.165) is 16.7 Å². The number of quaternary nitrogens is 1. The molecule has 0 spiro atoms. The first-order valence-corrected chi connectivity index (χ1v) is 30.6. The summed E-state index contributed by atoms with van der Waals surface area (Å²) < 4.78 is 26.9. The molecule has 14 nitrogen and oxygen atoms in total. The second-order valence-electron chi connectivity index (χ2n) is 24.0. The zero-order chi connectivity index (χ0) is 63.4. The number of ketones is 1. The molecule has 0 saturated carbocycles. The number of rotatable bonds is 19. The number of esters is 1. The van der Waals surface area contributed by atoms with Gasteiger partial charge in [-0.05, 0) is 143 Å². The van der Waals surface area contributed by atoms with Gasteiger partial charge in [-0.25, -0.2) is 33.0 Å². The third kappa shape index (κ3) is 28.9. The molecule has 16 heteroatoms. The van der Waals surface area contributed by atoms with Crippen LogP contribution in [0.2, 0.25) is 0 Å². The Hall–Kier alpha value is -6.61. The molecular formula is C69H100ClN7O7S. The number of amides is 1. The maximum Gasteiger partial charge on any atom is 0.408 e. The van der Waals surface area contributed by atoms with Gasteiger partial charge in [-0.3, -0.25) is 4.79 Å². The van der Waals surface area contributed by atoms with Crippen LogP contribution in [0, 0.1) is 0 Å². The number of halogens is 1. The van der Waals surface area contributed by atoms with Gasteiger partial charge in [0, 0.05) is 17.2 Å². The van der Waals surface area contributed by atoms with E-state index in [2.05, 4.69) is 168 Å². The normalized spacial score (nSPS) is 13.1. The van der Waals surface area contributed by atoms with Crippen LogP contribution in [-0.2, 0) is 36.6 Å². The molecule has 5 aromatic carbocycles. The summed E-state index contributed by atoms with van der Waals surface area (Å²) in [6, 6.07) is 41.4. The number of carbonyl (C=O) groups excluding carboxylic acids is 4. The number of carbonyl (C=O) groups is 3. The lowest BCUT2D eigenvalue weighted by Gasteiger charge is -2.22. The average Bonchev–Trinajstić information content (AvgIpc) is 4.04. The summed E-state index contributed by atoms with van der Waals surface area (Å²) in [7, 11) is -1.03. The molecule has 85 heavy (non-hydrogen) atoms. The van der Waals surface area contributed by atoms with Crippen molar-refractivity contribution in [3.8, 4) is 0 Å². The molecular weight excluding hydrogens is 1110 g/mol. The first-order valence-electron chi connectivity index (χ1n) is 29.4. The number of alkyl carbamates (subject to hydrolysis) is 1.